The number of hydrogen-bond acceptors (Lipinski definition) is 5. The van der Waals surface area contributed by atoms with Crippen LogP contribution in [0.5, 0.6) is 5.75 Å². The molecule has 0 atom stereocenters. The Balaban J connectivity index is 1.56. The zero-order valence-corrected chi connectivity index (χ0v) is 19.3. The number of amides is 2. The van der Waals surface area contributed by atoms with E-state index in [4.69, 9.17) is 4.74 Å². The summed E-state index contributed by atoms with van der Waals surface area (Å²) in [6.45, 7) is 2.88. The monoisotopic (exact) mass is 462 g/mol. The Morgan fingerprint density at radius 3 is 2.45 bits per heavy atom. The summed E-state index contributed by atoms with van der Waals surface area (Å²) >= 11 is 1.31. The van der Waals surface area contributed by atoms with Crippen molar-refractivity contribution in [2.45, 2.75) is 26.2 Å². The molecule has 2 aromatic carbocycles. The van der Waals surface area contributed by atoms with E-state index < -0.39 is 0 Å². The van der Waals surface area contributed by atoms with E-state index in [1.165, 1.54) is 18.3 Å². The molecule has 0 saturated carbocycles. The van der Waals surface area contributed by atoms with Gasteiger partial charge in [-0.3, -0.25) is 14.4 Å². The second kappa shape index (κ2) is 10.4. The Morgan fingerprint density at radius 2 is 1.73 bits per heavy atom. The first kappa shape index (κ1) is 22.7. The second-order valence-corrected chi connectivity index (χ2v) is 9.04. The lowest BCUT2D eigenvalue weighted by Gasteiger charge is -2.26. The van der Waals surface area contributed by atoms with Crippen molar-refractivity contribution in [1.82, 2.24) is 4.90 Å². The maximum Gasteiger partial charge on any atom is 0.269 e. The first-order chi connectivity index (χ1) is 16.0. The maximum atomic E-state index is 13.1. The summed E-state index contributed by atoms with van der Waals surface area (Å²) in [5, 5.41) is 2.85. The predicted octanol–water partition coefficient (Wildman–Crippen LogP) is 5.26. The van der Waals surface area contributed by atoms with Gasteiger partial charge < -0.3 is 15.0 Å². The van der Waals surface area contributed by atoms with Crippen LogP contribution >= 0.6 is 11.3 Å². The van der Waals surface area contributed by atoms with E-state index in [9.17, 15) is 14.4 Å². The number of anilines is 1. The van der Waals surface area contributed by atoms with Gasteiger partial charge in [-0.2, -0.15) is 0 Å². The fourth-order valence-corrected chi connectivity index (χ4v) is 4.76. The third-order valence-electron chi connectivity index (χ3n) is 5.55. The number of likely N-dealkylation sites (tertiary alicyclic amines) is 1. The highest BCUT2D eigenvalue weighted by Gasteiger charge is 2.22. The quantitative estimate of drug-likeness (QED) is 0.486. The second-order valence-electron chi connectivity index (χ2n) is 7.99. The molecule has 0 unspecified atom stereocenters. The molecule has 33 heavy (non-hydrogen) atoms. The van der Waals surface area contributed by atoms with Crippen LogP contribution in [0.25, 0.3) is 10.4 Å². The molecular formula is C26H26N2O4S. The molecule has 7 heteroatoms. The molecule has 6 nitrogen and oxygen atoms in total. The fourth-order valence-electron chi connectivity index (χ4n) is 3.76. The SMILES string of the molecule is CC(=O)c1cccc(NC(=O)c2sc(-c3ccccc3)cc2OCC(=O)N2CCCCC2)c1. The number of ether oxygens (including phenoxy) is 1. The normalized spacial score (nSPS) is 13.4. The molecule has 1 aliphatic rings. The van der Waals surface area contributed by atoms with E-state index in [0.29, 0.717) is 21.9 Å². The van der Waals surface area contributed by atoms with Crippen LogP contribution in [0.2, 0.25) is 0 Å². The molecule has 0 spiro atoms. The topological polar surface area (TPSA) is 75.7 Å². The van der Waals surface area contributed by atoms with Gasteiger partial charge in [-0.05, 0) is 49.9 Å². The van der Waals surface area contributed by atoms with Gasteiger partial charge in [-0.1, -0.05) is 42.5 Å². The lowest BCUT2D eigenvalue weighted by molar-refractivity contribution is -0.134. The van der Waals surface area contributed by atoms with Crippen molar-refractivity contribution in [3.63, 3.8) is 0 Å². The Labute approximate surface area is 197 Å². The summed E-state index contributed by atoms with van der Waals surface area (Å²) in [4.78, 5) is 40.5. The van der Waals surface area contributed by atoms with Crippen molar-refractivity contribution >= 4 is 34.6 Å². The van der Waals surface area contributed by atoms with Crippen molar-refractivity contribution in [2.75, 3.05) is 25.0 Å². The smallest absolute Gasteiger partial charge is 0.269 e. The van der Waals surface area contributed by atoms with Crippen LogP contribution in [-0.2, 0) is 4.79 Å². The van der Waals surface area contributed by atoms with Crippen molar-refractivity contribution in [3.8, 4) is 16.2 Å². The number of Topliss-reactive ketones (excluding diaryl/α,β-unsaturated/α-hetero) is 1. The van der Waals surface area contributed by atoms with Crippen LogP contribution in [0.15, 0.2) is 60.7 Å². The number of hydrogen-bond donors (Lipinski definition) is 1. The van der Waals surface area contributed by atoms with Gasteiger partial charge >= 0.3 is 0 Å². The van der Waals surface area contributed by atoms with Crippen molar-refractivity contribution < 1.29 is 19.1 Å². The lowest BCUT2D eigenvalue weighted by atomic mass is 10.1. The summed E-state index contributed by atoms with van der Waals surface area (Å²) in [7, 11) is 0. The Morgan fingerprint density at radius 1 is 0.970 bits per heavy atom. The highest BCUT2D eigenvalue weighted by molar-refractivity contribution is 7.17. The Kier molecular flexibility index (Phi) is 7.19. The van der Waals surface area contributed by atoms with Gasteiger partial charge in [0.1, 0.15) is 10.6 Å². The van der Waals surface area contributed by atoms with E-state index >= 15 is 0 Å². The predicted molar refractivity (Wildman–Crippen MR) is 130 cm³/mol. The van der Waals surface area contributed by atoms with Crippen molar-refractivity contribution in [2.24, 2.45) is 0 Å². The molecule has 2 amide bonds. The first-order valence-electron chi connectivity index (χ1n) is 11.0. The van der Waals surface area contributed by atoms with Gasteiger partial charge in [-0.15, -0.1) is 11.3 Å². The van der Waals surface area contributed by atoms with Crippen LogP contribution in [0.4, 0.5) is 5.69 Å². The minimum absolute atomic E-state index is 0.0670. The van der Waals surface area contributed by atoms with Gasteiger partial charge in [-0.25, -0.2) is 0 Å². The zero-order valence-electron chi connectivity index (χ0n) is 18.5. The van der Waals surface area contributed by atoms with E-state index in [2.05, 4.69) is 5.32 Å². The van der Waals surface area contributed by atoms with Crippen molar-refractivity contribution in [3.05, 3.63) is 71.1 Å². The van der Waals surface area contributed by atoms with Crippen LogP contribution in [-0.4, -0.2) is 42.2 Å². The molecule has 1 aliphatic heterocycles. The number of rotatable bonds is 7. The number of benzene rings is 2. The average Bonchev–Trinajstić information content (AvgIpc) is 3.28. The third-order valence-corrected chi connectivity index (χ3v) is 6.71. The molecule has 1 fully saturated rings. The van der Waals surface area contributed by atoms with Gasteiger partial charge in [0.15, 0.2) is 12.4 Å². The first-order valence-corrected chi connectivity index (χ1v) is 11.8. The third kappa shape index (κ3) is 5.68. The molecule has 0 aliphatic carbocycles. The highest BCUT2D eigenvalue weighted by Crippen LogP contribution is 2.37. The van der Waals surface area contributed by atoms with E-state index in [1.807, 2.05) is 41.3 Å². The molecule has 3 aromatic rings. The minimum atomic E-state index is -0.344. The van der Waals surface area contributed by atoms with Crippen LogP contribution in [0, 0.1) is 0 Å². The average molecular weight is 463 g/mol. The number of carbonyl (C=O) groups is 3. The standard InChI is InChI=1S/C26H26N2O4S/c1-18(29)20-11-8-12-21(15-20)27-26(31)25-22(16-23(33-25)19-9-4-2-5-10-19)32-17-24(30)28-13-6-3-7-14-28/h2,4-5,8-12,15-16H,3,6-7,13-14,17H2,1H3,(H,27,31). The van der Waals surface area contributed by atoms with Gasteiger partial charge in [0, 0.05) is 29.2 Å². The summed E-state index contributed by atoms with van der Waals surface area (Å²) in [6.07, 6.45) is 3.16. The molecule has 0 radical (unpaired) electrons. The van der Waals surface area contributed by atoms with E-state index in [1.54, 1.807) is 24.3 Å². The molecule has 2 heterocycles. The molecule has 0 bridgehead atoms. The van der Waals surface area contributed by atoms with Gasteiger partial charge in [0.25, 0.3) is 11.8 Å². The van der Waals surface area contributed by atoms with Crippen LogP contribution in [0.1, 0.15) is 46.2 Å². The molecule has 1 aromatic heterocycles. The molecule has 170 valence electrons. The molecule has 1 N–H and O–H groups in total. The molecule has 4 rings (SSSR count). The van der Waals surface area contributed by atoms with E-state index in [-0.39, 0.29) is 24.2 Å². The maximum absolute atomic E-state index is 13.1. The lowest BCUT2D eigenvalue weighted by Crippen LogP contribution is -2.38. The number of ketones is 1. The summed E-state index contributed by atoms with van der Waals surface area (Å²) in [5.41, 5.74) is 2.01. The highest BCUT2D eigenvalue weighted by atomic mass is 32.1. The molecular weight excluding hydrogens is 436 g/mol. The van der Waals surface area contributed by atoms with Gasteiger partial charge in [0.05, 0.1) is 0 Å². The minimum Gasteiger partial charge on any atom is -0.482 e. The Hall–Kier alpha value is -3.45. The fraction of sp³-hybridized carbons (Fsp3) is 0.269. The van der Waals surface area contributed by atoms with Crippen molar-refractivity contribution in [1.29, 1.82) is 0 Å². The van der Waals surface area contributed by atoms with Crippen LogP contribution in [0.3, 0.4) is 0 Å². The van der Waals surface area contributed by atoms with Gasteiger partial charge in [0.2, 0.25) is 0 Å². The molecule has 1 saturated heterocycles. The Bertz CT molecular complexity index is 1150. The summed E-state index contributed by atoms with van der Waals surface area (Å²) in [5.74, 6) is -0.107. The zero-order chi connectivity index (χ0) is 23.2. The summed E-state index contributed by atoms with van der Waals surface area (Å²) in [6, 6.07) is 18.3. The number of thiophene rings is 1. The summed E-state index contributed by atoms with van der Waals surface area (Å²) < 4.78 is 5.88. The number of carbonyl (C=O) groups excluding carboxylic acids is 3. The number of nitrogens with one attached hydrogen (secondary N) is 1. The number of piperidine rings is 1. The number of nitrogens with zero attached hydrogens (tertiary/aromatic N) is 1. The van der Waals surface area contributed by atoms with E-state index in [0.717, 1.165) is 42.8 Å². The largest absolute Gasteiger partial charge is 0.482 e. The van der Waals surface area contributed by atoms with Crippen LogP contribution < -0.4 is 10.1 Å².